The van der Waals surface area contributed by atoms with Crippen molar-refractivity contribution in [2.45, 2.75) is 25.8 Å². The Morgan fingerprint density at radius 1 is 0.939 bits per heavy atom. The summed E-state index contributed by atoms with van der Waals surface area (Å²) in [6, 6.07) is 17.4. The van der Waals surface area contributed by atoms with Gasteiger partial charge in [-0.25, -0.2) is 4.98 Å². The van der Waals surface area contributed by atoms with E-state index >= 15 is 0 Å². The van der Waals surface area contributed by atoms with Crippen LogP contribution in [0.25, 0.3) is 0 Å². The molecule has 2 aromatic carbocycles. The standard InChI is InChI=1S/C26H25N3O4/c1-32-22-9-7-18-11-12-28(16-20(18)14-22)25(31)17-29-24(30)10-8-19-13-23(15-27-26(19)29)33-21-5-3-2-4-6-21/h2-7,9,13-15H,8,10-12,16-17H2,1H3. The monoisotopic (exact) mass is 443 g/mol. The number of hydrogen-bond donors (Lipinski definition) is 0. The number of hydrogen-bond acceptors (Lipinski definition) is 5. The number of carbonyl (C=O) groups is 2. The molecule has 0 N–H and O–H groups in total. The summed E-state index contributed by atoms with van der Waals surface area (Å²) < 4.78 is 11.2. The predicted molar refractivity (Wildman–Crippen MR) is 124 cm³/mol. The Morgan fingerprint density at radius 3 is 2.58 bits per heavy atom. The van der Waals surface area contributed by atoms with Crippen LogP contribution in [-0.2, 0) is 29.0 Å². The maximum Gasteiger partial charge on any atom is 0.243 e. The maximum atomic E-state index is 13.1. The van der Waals surface area contributed by atoms with Crippen molar-refractivity contribution in [3.63, 3.8) is 0 Å². The highest BCUT2D eigenvalue weighted by atomic mass is 16.5. The van der Waals surface area contributed by atoms with E-state index in [1.54, 1.807) is 18.2 Å². The molecule has 2 aliphatic rings. The molecule has 3 heterocycles. The minimum atomic E-state index is -0.0870. The second-order valence-electron chi connectivity index (χ2n) is 8.25. The molecule has 0 saturated heterocycles. The van der Waals surface area contributed by atoms with Gasteiger partial charge in [-0.1, -0.05) is 24.3 Å². The molecule has 0 bridgehead atoms. The highest BCUT2D eigenvalue weighted by Gasteiger charge is 2.30. The van der Waals surface area contributed by atoms with Crippen LogP contribution in [-0.4, -0.2) is 41.9 Å². The first kappa shape index (κ1) is 21.0. The second kappa shape index (κ2) is 8.94. The molecule has 7 nitrogen and oxygen atoms in total. The van der Waals surface area contributed by atoms with Gasteiger partial charge in [0.25, 0.3) is 0 Å². The lowest BCUT2D eigenvalue weighted by atomic mass is 9.99. The Bertz CT molecular complexity index is 1200. The topological polar surface area (TPSA) is 72.0 Å². The van der Waals surface area contributed by atoms with Gasteiger partial charge in [-0.3, -0.25) is 14.5 Å². The van der Waals surface area contributed by atoms with Crippen LogP contribution in [0.1, 0.15) is 23.1 Å². The number of fused-ring (bicyclic) bond motifs is 2. The maximum absolute atomic E-state index is 13.1. The van der Waals surface area contributed by atoms with Gasteiger partial charge in [-0.2, -0.15) is 0 Å². The van der Waals surface area contributed by atoms with Gasteiger partial charge >= 0.3 is 0 Å². The summed E-state index contributed by atoms with van der Waals surface area (Å²) in [5.74, 6) is 2.48. The number of aryl methyl sites for hydroxylation is 1. The lowest BCUT2D eigenvalue weighted by Gasteiger charge is -2.33. The Hall–Kier alpha value is -3.87. The van der Waals surface area contributed by atoms with Crippen LogP contribution in [0.4, 0.5) is 5.82 Å². The Kier molecular flexibility index (Phi) is 5.69. The van der Waals surface area contributed by atoms with Crippen molar-refractivity contribution in [2.75, 3.05) is 25.1 Å². The lowest BCUT2D eigenvalue weighted by Crippen LogP contribution is -2.46. The van der Waals surface area contributed by atoms with Crippen LogP contribution >= 0.6 is 0 Å². The molecule has 0 aliphatic carbocycles. The normalized spacial score (nSPS) is 15.0. The molecule has 5 rings (SSSR count). The van der Waals surface area contributed by atoms with Crippen molar-refractivity contribution < 1.29 is 19.1 Å². The smallest absolute Gasteiger partial charge is 0.243 e. The second-order valence-corrected chi connectivity index (χ2v) is 8.25. The quantitative estimate of drug-likeness (QED) is 0.601. The van der Waals surface area contributed by atoms with Crippen LogP contribution in [0.2, 0.25) is 0 Å². The molecular weight excluding hydrogens is 418 g/mol. The van der Waals surface area contributed by atoms with Gasteiger partial charge in [0.15, 0.2) is 0 Å². The predicted octanol–water partition coefficient (Wildman–Crippen LogP) is 3.75. The van der Waals surface area contributed by atoms with Crippen LogP contribution in [0, 0.1) is 0 Å². The summed E-state index contributed by atoms with van der Waals surface area (Å²) in [6.07, 6.45) is 3.31. The van der Waals surface area contributed by atoms with Gasteiger partial charge in [0.1, 0.15) is 29.6 Å². The number of anilines is 1. The molecule has 0 spiro atoms. The van der Waals surface area contributed by atoms with E-state index in [1.807, 2.05) is 48.5 Å². The van der Waals surface area contributed by atoms with E-state index in [4.69, 9.17) is 9.47 Å². The molecule has 3 aromatic rings. The first-order valence-corrected chi connectivity index (χ1v) is 11.1. The van der Waals surface area contributed by atoms with Gasteiger partial charge in [-0.15, -0.1) is 0 Å². The summed E-state index contributed by atoms with van der Waals surface area (Å²) in [5, 5.41) is 0. The number of para-hydroxylation sites is 1. The van der Waals surface area contributed by atoms with Crippen LogP contribution in [0.5, 0.6) is 17.2 Å². The fraction of sp³-hybridized carbons (Fsp3) is 0.269. The molecule has 168 valence electrons. The highest BCUT2D eigenvalue weighted by Crippen LogP contribution is 2.31. The summed E-state index contributed by atoms with van der Waals surface area (Å²) in [5.41, 5.74) is 3.22. The molecule has 33 heavy (non-hydrogen) atoms. The fourth-order valence-corrected chi connectivity index (χ4v) is 4.35. The van der Waals surface area contributed by atoms with Crippen molar-refractivity contribution in [3.05, 3.63) is 77.5 Å². The molecule has 7 heteroatoms. The van der Waals surface area contributed by atoms with Crippen LogP contribution < -0.4 is 14.4 Å². The number of methoxy groups -OCH3 is 1. The number of benzene rings is 2. The Balaban J connectivity index is 1.31. The molecule has 0 unspecified atom stereocenters. The van der Waals surface area contributed by atoms with E-state index in [-0.39, 0.29) is 18.4 Å². The first-order valence-electron chi connectivity index (χ1n) is 11.1. The third-order valence-electron chi connectivity index (χ3n) is 6.13. The minimum absolute atomic E-state index is 0.0168. The van der Waals surface area contributed by atoms with E-state index < -0.39 is 0 Å². The third kappa shape index (κ3) is 4.39. The van der Waals surface area contributed by atoms with Crippen molar-refractivity contribution in [1.82, 2.24) is 9.88 Å². The molecule has 2 amide bonds. The van der Waals surface area contributed by atoms with Gasteiger partial charge in [0.2, 0.25) is 11.8 Å². The van der Waals surface area contributed by atoms with E-state index in [2.05, 4.69) is 11.1 Å². The van der Waals surface area contributed by atoms with Gasteiger partial charge < -0.3 is 14.4 Å². The zero-order chi connectivity index (χ0) is 22.8. The SMILES string of the molecule is COc1ccc2c(c1)CN(C(=O)CN1C(=O)CCc3cc(Oc4ccccc4)cnc31)CC2. The van der Waals surface area contributed by atoms with Crippen molar-refractivity contribution in [1.29, 1.82) is 0 Å². The van der Waals surface area contributed by atoms with Crippen LogP contribution in [0.15, 0.2) is 60.8 Å². The molecule has 1 aromatic heterocycles. The minimum Gasteiger partial charge on any atom is -0.497 e. The van der Waals surface area contributed by atoms with Crippen molar-refractivity contribution in [2.24, 2.45) is 0 Å². The largest absolute Gasteiger partial charge is 0.497 e. The van der Waals surface area contributed by atoms with E-state index in [9.17, 15) is 9.59 Å². The average Bonchev–Trinajstić information content (AvgIpc) is 2.85. The zero-order valence-corrected chi connectivity index (χ0v) is 18.5. The zero-order valence-electron chi connectivity index (χ0n) is 18.5. The number of pyridine rings is 1. The van der Waals surface area contributed by atoms with E-state index in [1.165, 1.54) is 10.5 Å². The number of aromatic nitrogens is 1. The number of ether oxygens (including phenoxy) is 2. The van der Waals surface area contributed by atoms with E-state index in [0.717, 1.165) is 29.0 Å². The van der Waals surface area contributed by atoms with Gasteiger partial charge in [0.05, 0.1) is 13.3 Å². The van der Waals surface area contributed by atoms with Gasteiger partial charge in [-0.05, 0) is 59.9 Å². The molecule has 2 aliphatic heterocycles. The summed E-state index contributed by atoms with van der Waals surface area (Å²) in [6.45, 7) is 1.12. The number of nitrogens with zero attached hydrogens (tertiary/aromatic N) is 3. The fourth-order valence-electron chi connectivity index (χ4n) is 4.35. The average molecular weight is 444 g/mol. The summed E-state index contributed by atoms with van der Waals surface area (Å²) in [7, 11) is 1.64. The molecule has 0 atom stereocenters. The lowest BCUT2D eigenvalue weighted by molar-refractivity contribution is -0.132. The number of carbonyl (C=O) groups excluding carboxylic acids is 2. The highest BCUT2D eigenvalue weighted by molar-refractivity contribution is 6.00. The summed E-state index contributed by atoms with van der Waals surface area (Å²) in [4.78, 5) is 33.7. The number of amides is 2. The molecule has 0 saturated carbocycles. The Labute approximate surface area is 192 Å². The third-order valence-corrected chi connectivity index (χ3v) is 6.13. The Morgan fingerprint density at radius 2 is 1.76 bits per heavy atom. The first-order chi connectivity index (χ1) is 16.1. The number of rotatable bonds is 5. The van der Waals surface area contributed by atoms with Crippen molar-refractivity contribution in [3.8, 4) is 17.2 Å². The van der Waals surface area contributed by atoms with Gasteiger partial charge in [0, 0.05) is 19.5 Å². The van der Waals surface area contributed by atoms with Crippen LogP contribution in [0.3, 0.4) is 0 Å². The van der Waals surface area contributed by atoms with E-state index in [0.29, 0.717) is 37.5 Å². The molecule has 0 radical (unpaired) electrons. The van der Waals surface area contributed by atoms with Crippen molar-refractivity contribution >= 4 is 17.6 Å². The molecule has 0 fully saturated rings. The summed E-state index contributed by atoms with van der Waals surface area (Å²) >= 11 is 0. The molecular formula is C26H25N3O4.